The number of benzene rings is 1. The largest absolute Gasteiger partial charge is 0.486 e. The summed E-state index contributed by atoms with van der Waals surface area (Å²) < 4.78 is 47.7. The molecule has 0 radical (unpaired) electrons. The first-order valence-corrected chi connectivity index (χ1v) is 10.2. The third kappa shape index (κ3) is 3.51. The maximum atomic E-state index is 13.8. The number of nitrogens with zero attached hydrogens (tertiary/aromatic N) is 4. The summed E-state index contributed by atoms with van der Waals surface area (Å²) in [5.74, 6) is -0.817. The maximum absolute atomic E-state index is 13.8. The molecule has 9 nitrogen and oxygen atoms in total. The summed E-state index contributed by atoms with van der Waals surface area (Å²) in [6, 6.07) is 5.17. The number of sulfonamides is 1. The van der Waals surface area contributed by atoms with Crippen LogP contribution in [-0.4, -0.2) is 64.1 Å². The summed E-state index contributed by atoms with van der Waals surface area (Å²) >= 11 is 3.14. The van der Waals surface area contributed by atoms with Gasteiger partial charge in [-0.15, -0.1) is 0 Å². The van der Waals surface area contributed by atoms with Crippen molar-refractivity contribution in [1.29, 1.82) is 5.26 Å². The zero-order valence-electron chi connectivity index (χ0n) is 14.6. The van der Waals surface area contributed by atoms with Crippen molar-refractivity contribution in [2.75, 3.05) is 19.7 Å². The maximum Gasteiger partial charge on any atom is 0.261 e. The van der Waals surface area contributed by atoms with Crippen LogP contribution in [0.3, 0.4) is 0 Å². The molecule has 2 N–H and O–H groups in total. The van der Waals surface area contributed by atoms with Gasteiger partial charge in [0.25, 0.3) is 10.0 Å². The van der Waals surface area contributed by atoms with Crippen molar-refractivity contribution in [1.82, 2.24) is 14.1 Å². The first-order valence-electron chi connectivity index (χ1n) is 7.99. The highest BCUT2D eigenvalue weighted by Crippen LogP contribution is 2.33. The van der Waals surface area contributed by atoms with Gasteiger partial charge in [-0.2, -0.15) is 14.7 Å². The summed E-state index contributed by atoms with van der Waals surface area (Å²) in [4.78, 5) is 0. The molecule has 2 atom stereocenters. The molecule has 1 fully saturated rings. The molecule has 0 bridgehead atoms. The smallest absolute Gasteiger partial charge is 0.261 e. The first-order chi connectivity index (χ1) is 13.1. The number of aliphatic hydroxyl groups is 2. The average molecular weight is 475 g/mol. The Morgan fingerprint density at radius 2 is 2.25 bits per heavy atom. The van der Waals surface area contributed by atoms with E-state index < -0.39 is 40.7 Å². The molecular weight excluding hydrogens is 459 g/mol. The standard InChI is InChI=1S/C16H16BrFN4O5S/c1-21-15(12(17)6-20-21)28(25,26)22-7-14(16(24,8-22)9-23)27-11-3-2-10(5-19)13(18)4-11/h2-4,6,14,23-24H,7-9H2,1H3/t14-,16+/m0/s1. The Morgan fingerprint density at radius 3 is 2.79 bits per heavy atom. The van der Waals surface area contributed by atoms with Crippen molar-refractivity contribution < 1.29 is 27.8 Å². The predicted octanol–water partition coefficient (Wildman–Crippen LogP) is 0.369. The Balaban J connectivity index is 1.90. The van der Waals surface area contributed by atoms with Crippen LogP contribution in [0.1, 0.15) is 5.56 Å². The van der Waals surface area contributed by atoms with Crippen molar-refractivity contribution in [3.8, 4) is 11.8 Å². The minimum Gasteiger partial charge on any atom is -0.486 e. The van der Waals surface area contributed by atoms with Crippen molar-refractivity contribution in [2.24, 2.45) is 7.05 Å². The van der Waals surface area contributed by atoms with Gasteiger partial charge in [0.1, 0.15) is 29.3 Å². The molecule has 0 unspecified atom stereocenters. The van der Waals surface area contributed by atoms with E-state index >= 15 is 0 Å². The second kappa shape index (κ2) is 7.41. The van der Waals surface area contributed by atoms with Gasteiger partial charge in [-0.3, -0.25) is 4.68 Å². The van der Waals surface area contributed by atoms with Crippen molar-refractivity contribution in [3.63, 3.8) is 0 Å². The minimum atomic E-state index is -4.06. The summed E-state index contributed by atoms with van der Waals surface area (Å²) in [6.07, 6.45) is 0.168. The summed E-state index contributed by atoms with van der Waals surface area (Å²) in [5, 5.41) is 32.9. The molecule has 12 heteroatoms. The molecule has 2 heterocycles. The number of aryl methyl sites for hydroxylation is 1. The minimum absolute atomic E-state index is 0.00524. The van der Waals surface area contributed by atoms with E-state index in [1.54, 1.807) is 6.07 Å². The van der Waals surface area contributed by atoms with Gasteiger partial charge < -0.3 is 14.9 Å². The van der Waals surface area contributed by atoms with Gasteiger partial charge in [-0.25, -0.2) is 12.8 Å². The van der Waals surface area contributed by atoms with Crippen molar-refractivity contribution in [2.45, 2.75) is 16.7 Å². The van der Waals surface area contributed by atoms with Gasteiger partial charge in [0.15, 0.2) is 5.03 Å². The second-order valence-corrected chi connectivity index (χ2v) is 9.05. The molecule has 0 saturated carbocycles. The number of aliphatic hydroxyl groups excluding tert-OH is 1. The molecule has 150 valence electrons. The summed E-state index contributed by atoms with van der Waals surface area (Å²) in [7, 11) is -2.61. The van der Waals surface area contributed by atoms with E-state index in [2.05, 4.69) is 21.0 Å². The van der Waals surface area contributed by atoms with E-state index in [0.717, 1.165) is 10.4 Å². The highest BCUT2D eigenvalue weighted by atomic mass is 79.9. The summed E-state index contributed by atoms with van der Waals surface area (Å²) in [5.41, 5.74) is -2.08. The van der Waals surface area contributed by atoms with E-state index in [0.29, 0.717) is 0 Å². The van der Waals surface area contributed by atoms with E-state index in [1.165, 1.54) is 30.1 Å². The molecule has 0 aliphatic carbocycles. The van der Waals surface area contributed by atoms with Gasteiger partial charge in [0.2, 0.25) is 0 Å². The zero-order valence-corrected chi connectivity index (χ0v) is 17.0. The van der Waals surface area contributed by atoms with E-state index in [4.69, 9.17) is 10.00 Å². The van der Waals surface area contributed by atoms with Gasteiger partial charge in [0, 0.05) is 19.7 Å². The second-order valence-electron chi connectivity index (χ2n) is 6.34. The lowest BCUT2D eigenvalue weighted by atomic mass is 10.0. The fourth-order valence-corrected chi connectivity index (χ4v) is 5.56. The Labute approximate surface area is 168 Å². The van der Waals surface area contributed by atoms with Gasteiger partial charge >= 0.3 is 0 Å². The average Bonchev–Trinajstić information content (AvgIpc) is 3.16. The van der Waals surface area contributed by atoms with E-state index in [-0.39, 0.29) is 27.4 Å². The van der Waals surface area contributed by atoms with Crippen LogP contribution in [-0.2, 0) is 17.1 Å². The number of aromatic nitrogens is 2. The first kappa shape index (κ1) is 20.7. The van der Waals surface area contributed by atoms with Crippen LogP contribution < -0.4 is 4.74 Å². The number of hydrogen-bond donors (Lipinski definition) is 2. The quantitative estimate of drug-likeness (QED) is 0.640. The Kier molecular flexibility index (Phi) is 5.48. The third-order valence-electron chi connectivity index (χ3n) is 4.46. The van der Waals surface area contributed by atoms with Crippen LogP contribution in [0.5, 0.6) is 5.75 Å². The van der Waals surface area contributed by atoms with Crippen LogP contribution in [0.4, 0.5) is 4.39 Å². The monoisotopic (exact) mass is 474 g/mol. The molecule has 0 amide bonds. The van der Waals surface area contributed by atoms with E-state index in [9.17, 15) is 23.0 Å². The van der Waals surface area contributed by atoms with Crippen molar-refractivity contribution >= 4 is 26.0 Å². The molecule has 1 aromatic carbocycles. The molecule has 1 aliphatic rings. The van der Waals surface area contributed by atoms with Crippen LogP contribution in [0.2, 0.25) is 0 Å². The number of hydrogen-bond acceptors (Lipinski definition) is 7. The Hall–Kier alpha value is -2.04. The Bertz CT molecular complexity index is 1030. The van der Waals surface area contributed by atoms with E-state index in [1.807, 2.05) is 0 Å². The zero-order chi connectivity index (χ0) is 20.7. The fraction of sp³-hybridized carbons (Fsp3) is 0.375. The van der Waals surface area contributed by atoms with Crippen LogP contribution in [0, 0.1) is 17.1 Å². The normalized spacial score (nSPS) is 22.9. The molecule has 0 spiro atoms. The van der Waals surface area contributed by atoms with Gasteiger partial charge in [-0.05, 0) is 28.1 Å². The Morgan fingerprint density at radius 1 is 1.54 bits per heavy atom. The molecule has 2 aromatic rings. The summed E-state index contributed by atoms with van der Waals surface area (Å²) in [6.45, 7) is -1.47. The number of rotatable bonds is 5. The number of nitriles is 1. The fourth-order valence-electron chi connectivity index (χ4n) is 2.94. The highest BCUT2D eigenvalue weighted by molar-refractivity contribution is 9.10. The highest BCUT2D eigenvalue weighted by Gasteiger charge is 2.51. The van der Waals surface area contributed by atoms with Crippen LogP contribution in [0.25, 0.3) is 0 Å². The van der Waals surface area contributed by atoms with Gasteiger partial charge in [0.05, 0.1) is 29.4 Å². The van der Waals surface area contributed by atoms with Crippen LogP contribution in [0.15, 0.2) is 33.9 Å². The molecule has 1 aliphatic heterocycles. The molecular formula is C16H16BrFN4O5S. The SMILES string of the molecule is Cn1ncc(Br)c1S(=O)(=O)N1C[C@H](Oc2ccc(C#N)c(F)c2)[C@](O)(CO)C1. The number of ether oxygens (including phenoxy) is 1. The number of β-amino-alcohol motifs (C(OH)–C–C–N with tert-alkyl or cyclic N) is 1. The number of halogens is 2. The van der Waals surface area contributed by atoms with Crippen molar-refractivity contribution in [3.05, 3.63) is 40.2 Å². The van der Waals surface area contributed by atoms with Gasteiger partial charge in [-0.1, -0.05) is 0 Å². The topological polar surface area (TPSA) is 129 Å². The molecule has 1 saturated heterocycles. The lowest BCUT2D eigenvalue weighted by molar-refractivity contribution is -0.0641. The van der Waals surface area contributed by atoms with Crippen LogP contribution >= 0.6 is 15.9 Å². The molecule has 3 rings (SSSR count). The lowest BCUT2D eigenvalue weighted by Gasteiger charge is -2.27. The lowest BCUT2D eigenvalue weighted by Crippen LogP contribution is -2.48. The molecule has 28 heavy (non-hydrogen) atoms. The predicted molar refractivity (Wildman–Crippen MR) is 97.2 cm³/mol. The molecule has 1 aromatic heterocycles. The third-order valence-corrected chi connectivity index (χ3v) is 7.23.